The monoisotopic (exact) mass is 390 g/mol. The van der Waals surface area contributed by atoms with Gasteiger partial charge in [-0.05, 0) is 18.3 Å². The lowest BCUT2D eigenvalue weighted by atomic mass is 10.0. The Bertz CT molecular complexity index is 390. The van der Waals surface area contributed by atoms with Crippen LogP contribution in [0.2, 0.25) is 0 Å². The van der Waals surface area contributed by atoms with E-state index in [-0.39, 0.29) is 24.3 Å². The minimum Gasteiger partial charge on any atom is -0.379 e. The molecule has 2 amide bonds. The Morgan fingerprint density at radius 2 is 1.41 bits per heavy atom. The Labute approximate surface area is 163 Å². The predicted octanol–water partition coefficient (Wildman–Crippen LogP) is 0.986. The molecule has 0 aliphatic rings. The van der Waals surface area contributed by atoms with Crippen molar-refractivity contribution in [1.82, 2.24) is 10.6 Å². The molecule has 0 aromatic heterocycles. The van der Waals surface area contributed by atoms with Crippen LogP contribution in [-0.2, 0) is 28.5 Å². The van der Waals surface area contributed by atoms with E-state index in [1.807, 2.05) is 13.8 Å². The van der Waals surface area contributed by atoms with Crippen LogP contribution >= 0.6 is 0 Å². The topological polar surface area (TPSA) is 95.1 Å². The Morgan fingerprint density at radius 3 is 1.93 bits per heavy atom. The van der Waals surface area contributed by atoms with Crippen LogP contribution in [0.15, 0.2) is 0 Å². The molecule has 0 rings (SSSR count). The normalized spacial score (nSPS) is 12.4. The fraction of sp³-hybridized carbons (Fsp3) is 0.895. The van der Waals surface area contributed by atoms with Crippen molar-refractivity contribution in [2.45, 2.75) is 40.2 Å². The summed E-state index contributed by atoms with van der Waals surface area (Å²) in [6, 6.07) is -0.591. The van der Waals surface area contributed by atoms with Crippen molar-refractivity contribution in [2.75, 3.05) is 59.9 Å². The van der Waals surface area contributed by atoms with Gasteiger partial charge in [-0.2, -0.15) is 0 Å². The van der Waals surface area contributed by atoms with E-state index in [0.29, 0.717) is 45.5 Å². The third kappa shape index (κ3) is 15.5. The lowest BCUT2D eigenvalue weighted by molar-refractivity contribution is -0.132. The minimum absolute atomic E-state index is 0.0251. The highest BCUT2D eigenvalue weighted by atomic mass is 16.5. The average Bonchev–Trinajstić information content (AvgIpc) is 2.60. The molecular weight excluding hydrogens is 352 g/mol. The van der Waals surface area contributed by atoms with Gasteiger partial charge < -0.3 is 29.6 Å². The van der Waals surface area contributed by atoms with E-state index in [4.69, 9.17) is 18.9 Å². The quantitative estimate of drug-likeness (QED) is 0.360. The smallest absolute Gasteiger partial charge is 0.246 e. The first-order chi connectivity index (χ1) is 12.9. The molecule has 0 bridgehead atoms. The molecule has 1 atom stereocenters. The first-order valence-electron chi connectivity index (χ1n) is 9.67. The van der Waals surface area contributed by atoms with Gasteiger partial charge in [-0.3, -0.25) is 9.59 Å². The first-order valence-corrected chi connectivity index (χ1v) is 9.67. The van der Waals surface area contributed by atoms with Crippen LogP contribution in [0.4, 0.5) is 0 Å². The SMILES string of the molecule is COCC(=O)NC(C(=O)NCCOCCOCCOCCC(C)C)C(C)C. The van der Waals surface area contributed by atoms with Crippen LogP contribution in [0.25, 0.3) is 0 Å². The number of amides is 2. The second-order valence-corrected chi connectivity index (χ2v) is 7.03. The van der Waals surface area contributed by atoms with Gasteiger partial charge in [0.1, 0.15) is 12.6 Å². The largest absolute Gasteiger partial charge is 0.379 e. The van der Waals surface area contributed by atoms with Gasteiger partial charge in [-0.15, -0.1) is 0 Å². The highest BCUT2D eigenvalue weighted by Gasteiger charge is 2.23. The zero-order valence-electron chi connectivity index (χ0n) is 17.5. The molecule has 0 aliphatic heterocycles. The average molecular weight is 391 g/mol. The van der Waals surface area contributed by atoms with Gasteiger partial charge >= 0.3 is 0 Å². The summed E-state index contributed by atoms with van der Waals surface area (Å²) in [6.45, 7) is 11.6. The van der Waals surface area contributed by atoms with E-state index in [2.05, 4.69) is 24.5 Å². The summed E-state index contributed by atoms with van der Waals surface area (Å²) in [7, 11) is 1.44. The highest BCUT2D eigenvalue weighted by Crippen LogP contribution is 2.02. The van der Waals surface area contributed by atoms with E-state index < -0.39 is 6.04 Å². The van der Waals surface area contributed by atoms with Crippen molar-refractivity contribution < 1.29 is 28.5 Å². The molecule has 0 aromatic rings. The Balaban J connectivity index is 3.64. The molecule has 0 aliphatic carbocycles. The van der Waals surface area contributed by atoms with Crippen LogP contribution in [0.3, 0.4) is 0 Å². The van der Waals surface area contributed by atoms with E-state index >= 15 is 0 Å². The van der Waals surface area contributed by atoms with Gasteiger partial charge in [0.2, 0.25) is 11.8 Å². The van der Waals surface area contributed by atoms with Gasteiger partial charge in [-0.25, -0.2) is 0 Å². The molecule has 0 radical (unpaired) electrons. The van der Waals surface area contributed by atoms with Crippen molar-refractivity contribution in [1.29, 1.82) is 0 Å². The van der Waals surface area contributed by atoms with Crippen LogP contribution in [0.1, 0.15) is 34.1 Å². The van der Waals surface area contributed by atoms with E-state index in [1.165, 1.54) is 7.11 Å². The standard InChI is InChI=1S/C19H38N2O6/c1-15(2)6-8-25-10-12-27-13-11-26-9-7-20-19(23)18(16(3)4)21-17(22)14-24-5/h15-16,18H,6-14H2,1-5H3,(H,20,23)(H,21,22). The number of hydrogen-bond donors (Lipinski definition) is 2. The number of ether oxygens (including phenoxy) is 4. The van der Waals surface area contributed by atoms with Gasteiger partial charge in [0.15, 0.2) is 0 Å². The summed E-state index contributed by atoms with van der Waals surface area (Å²) in [6.07, 6.45) is 1.06. The number of rotatable bonds is 17. The Hall–Kier alpha value is -1.22. The molecule has 8 nitrogen and oxygen atoms in total. The van der Waals surface area contributed by atoms with Crippen LogP contribution in [0, 0.1) is 11.8 Å². The van der Waals surface area contributed by atoms with E-state index in [1.54, 1.807) is 0 Å². The molecule has 2 N–H and O–H groups in total. The molecule has 1 unspecified atom stereocenters. The van der Waals surface area contributed by atoms with E-state index in [0.717, 1.165) is 13.0 Å². The summed E-state index contributed by atoms with van der Waals surface area (Å²) < 4.78 is 21.0. The molecule has 0 heterocycles. The van der Waals surface area contributed by atoms with Gasteiger partial charge in [0, 0.05) is 20.3 Å². The third-order valence-corrected chi connectivity index (χ3v) is 3.67. The zero-order chi connectivity index (χ0) is 20.5. The molecule has 27 heavy (non-hydrogen) atoms. The molecule has 0 spiro atoms. The first kappa shape index (κ1) is 25.8. The van der Waals surface area contributed by atoms with Crippen molar-refractivity contribution in [3.8, 4) is 0 Å². The fourth-order valence-electron chi connectivity index (χ4n) is 2.10. The molecule has 0 aromatic carbocycles. The number of hydrogen-bond acceptors (Lipinski definition) is 6. The fourth-order valence-corrected chi connectivity index (χ4v) is 2.10. The van der Waals surface area contributed by atoms with E-state index in [9.17, 15) is 9.59 Å². The number of carbonyl (C=O) groups is 2. The van der Waals surface area contributed by atoms with Crippen molar-refractivity contribution >= 4 is 11.8 Å². The summed E-state index contributed by atoms with van der Waals surface area (Å²) in [5.74, 6) is 0.0842. The number of carbonyl (C=O) groups excluding carboxylic acids is 2. The van der Waals surface area contributed by atoms with Crippen LogP contribution in [0.5, 0.6) is 0 Å². The zero-order valence-corrected chi connectivity index (χ0v) is 17.5. The lowest BCUT2D eigenvalue weighted by Crippen LogP contribution is -2.51. The summed E-state index contributed by atoms with van der Waals surface area (Å²) in [5, 5.41) is 5.43. The lowest BCUT2D eigenvalue weighted by Gasteiger charge is -2.21. The third-order valence-electron chi connectivity index (χ3n) is 3.67. The Morgan fingerprint density at radius 1 is 0.852 bits per heavy atom. The predicted molar refractivity (Wildman–Crippen MR) is 104 cm³/mol. The van der Waals surface area contributed by atoms with Gasteiger partial charge in [0.25, 0.3) is 0 Å². The van der Waals surface area contributed by atoms with Gasteiger partial charge in [0.05, 0.1) is 33.0 Å². The second-order valence-electron chi connectivity index (χ2n) is 7.03. The summed E-state index contributed by atoms with van der Waals surface area (Å²) in [4.78, 5) is 23.8. The van der Waals surface area contributed by atoms with Crippen molar-refractivity contribution in [3.63, 3.8) is 0 Å². The molecule has 0 fully saturated rings. The summed E-state index contributed by atoms with van der Waals surface area (Å²) in [5.41, 5.74) is 0. The van der Waals surface area contributed by atoms with Crippen LogP contribution < -0.4 is 10.6 Å². The minimum atomic E-state index is -0.591. The molecule has 8 heteroatoms. The maximum atomic E-state index is 12.2. The van der Waals surface area contributed by atoms with Crippen molar-refractivity contribution in [3.05, 3.63) is 0 Å². The summed E-state index contributed by atoms with van der Waals surface area (Å²) >= 11 is 0. The molecule has 0 saturated carbocycles. The van der Waals surface area contributed by atoms with Crippen LogP contribution in [-0.4, -0.2) is 77.8 Å². The number of methoxy groups -OCH3 is 1. The molecule has 160 valence electrons. The number of nitrogens with one attached hydrogen (secondary N) is 2. The molecular formula is C19H38N2O6. The van der Waals surface area contributed by atoms with Gasteiger partial charge in [-0.1, -0.05) is 27.7 Å². The maximum Gasteiger partial charge on any atom is 0.246 e. The maximum absolute atomic E-state index is 12.2. The second kappa shape index (κ2) is 16.9. The highest BCUT2D eigenvalue weighted by molar-refractivity contribution is 5.88. The molecule has 0 saturated heterocycles. The van der Waals surface area contributed by atoms with Crippen molar-refractivity contribution in [2.24, 2.45) is 11.8 Å². The Kier molecular flexibility index (Phi) is 16.2.